The minimum absolute atomic E-state index is 0.00958. The summed E-state index contributed by atoms with van der Waals surface area (Å²) in [6, 6.07) is 12.3. The molecule has 1 aliphatic heterocycles. The predicted octanol–water partition coefficient (Wildman–Crippen LogP) is 3.67. The van der Waals surface area contributed by atoms with Crippen LogP contribution in [0.3, 0.4) is 0 Å². The average Bonchev–Trinajstić information content (AvgIpc) is 3.67. The van der Waals surface area contributed by atoms with E-state index in [1.165, 1.54) is 46.6 Å². The molecule has 4 N–H and O–H groups in total. The number of carbonyl (C=O) groups is 4. The van der Waals surface area contributed by atoms with E-state index in [-0.39, 0.29) is 49.3 Å². The molecule has 3 aromatic rings. The van der Waals surface area contributed by atoms with Gasteiger partial charge in [-0.15, -0.1) is 11.3 Å². The molecule has 1 aromatic heterocycles. The molecule has 2 heterocycles. The van der Waals surface area contributed by atoms with E-state index < -0.39 is 52.0 Å². The van der Waals surface area contributed by atoms with Gasteiger partial charge >= 0.3 is 6.03 Å². The molecule has 0 spiro atoms. The van der Waals surface area contributed by atoms with Crippen molar-refractivity contribution in [2.75, 3.05) is 25.0 Å². The van der Waals surface area contributed by atoms with E-state index in [0.717, 1.165) is 41.1 Å². The topological polar surface area (TPSA) is 202 Å². The largest absolute Gasteiger partial charge is 0.411 e. The number of amides is 5. The average molecular weight is 782 g/mol. The molecule has 5 rings (SSSR count). The number of aromatic nitrogens is 1. The molecule has 0 radical (unpaired) electrons. The van der Waals surface area contributed by atoms with Gasteiger partial charge in [0.25, 0.3) is 5.91 Å². The van der Waals surface area contributed by atoms with Crippen molar-refractivity contribution in [3.05, 3.63) is 76.8 Å². The summed E-state index contributed by atoms with van der Waals surface area (Å²) in [5.74, 6) is -1.67. The van der Waals surface area contributed by atoms with Crippen LogP contribution < -0.4 is 10.6 Å². The first-order chi connectivity index (χ1) is 25.8. The number of urea groups is 1. The van der Waals surface area contributed by atoms with Crippen molar-refractivity contribution in [3.8, 4) is 0 Å². The van der Waals surface area contributed by atoms with Crippen LogP contribution in [0.5, 0.6) is 0 Å². The summed E-state index contributed by atoms with van der Waals surface area (Å²) in [6.07, 6.45) is 3.16. The van der Waals surface area contributed by atoms with Gasteiger partial charge < -0.3 is 25.8 Å². The van der Waals surface area contributed by atoms with E-state index in [9.17, 15) is 32.7 Å². The molecule has 290 valence electrons. The van der Waals surface area contributed by atoms with Crippen molar-refractivity contribution < 1.29 is 37.9 Å². The van der Waals surface area contributed by atoms with Gasteiger partial charge in [-0.1, -0.05) is 74.3 Å². The molecule has 1 saturated carbocycles. The van der Waals surface area contributed by atoms with Crippen LogP contribution in [0.25, 0.3) is 0 Å². The lowest BCUT2D eigenvalue weighted by Crippen LogP contribution is -2.57. The van der Waals surface area contributed by atoms with Crippen LogP contribution in [0.2, 0.25) is 0 Å². The van der Waals surface area contributed by atoms with Gasteiger partial charge in [-0.3, -0.25) is 19.3 Å². The van der Waals surface area contributed by atoms with Crippen LogP contribution in [0.15, 0.2) is 70.0 Å². The zero-order valence-corrected chi connectivity index (χ0v) is 32.1. The highest BCUT2D eigenvalue weighted by molar-refractivity contribution is 7.89. The first kappa shape index (κ1) is 40.5. The highest BCUT2D eigenvalue weighted by Gasteiger charge is 2.45. The summed E-state index contributed by atoms with van der Waals surface area (Å²) in [5.41, 5.74) is 1.69. The number of benzene rings is 2. The number of thiazole rings is 1. The highest BCUT2D eigenvalue weighted by Crippen LogP contribution is 2.30. The van der Waals surface area contributed by atoms with Gasteiger partial charge in [0.15, 0.2) is 5.13 Å². The molecule has 54 heavy (non-hydrogen) atoms. The lowest BCUT2D eigenvalue weighted by Gasteiger charge is -2.36. The fourth-order valence-corrected chi connectivity index (χ4v) is 8.83. The van der Waals surface area contributed by atoms with Crippen LogP contribution in [-0.2, 0) is 37.4 Å². The molecule has 5 amide bonds. The normalized spacial score (nSPS) is 17.4. The first-order valence-electron chi connectivity index (χ1n) is 17.9. The van der Waals surface area contributed by atoms with E-state index in [0.29, 0.717) is 22.8 Å². The number of carbonyl (C=O) groups excluding carboxylic acids is 4. The fourth-order valence-electron chi connectivity index (χ4n) is 6.54. The number of sulfonamides is 1. The van der Waals surface area contributed by atoms with E-state index in [2.05, 4.69) is 20.8 Å². The number of nitrogens with zero attached hydrogens (tertiary/aromatic N) is 5. The maximum atomic E-state index is 14.3. The third-order valence-electron chi connectivity index (χ3n) is 9.92. The van der Waals surface area contributed by atoms with Crippen molar-refractivity contribution in [1.82, 2.24) is 24.4 Å². The van der Waals surface area contributed by atoms with E-state index >= 15 is 0 Å². The Hall–Kier alpha value is -4.71. The molecule has 4 atom stereocenters. The maximum absolute atomic E-state index is 14.3. The van der Waals surface area contributed by atoms with Crippen molar-refractivity contribution in [3.63, 3.8) is 0 Å². The number of aliphatic hydroxyl groups is 1. The van der Waals surface area contributed by atoms with Crippen molar-refractivity contribution in [2.24, 2.45) is 17.0 Å². The summed E-state index contributed by atoms with van der Waals surface area (Å²) in [4.78, 5) is 59.3. The Kier molecular flexibility index (Phi) is 13.5. The van der Waals surface area contributed by atoms with Crippen molar-refractivity contribution in [1.29, 1.82) is 0 Å². The lowest BCUT2D eigenvalue weighted by atomic mass is 9.85. The smallest absolute Gasteiger partial charge is 0.328 e. The van der Waals surface area contributed by atoms with Gasteiger partial charge in [-0.05, 0) is 54.4 Å². The first-order valence-corrected chi connectivity index (χ1v) is 20.3. The number of rotatable bonds is 18. The Morgan fingerprint density at radius 2 is 1.83 bits per heavy atom. The second-order valence-electron chi connectivity index (χ2n) is 13.9. The lowest BCUT2D eigenvalue weighted by molar-refractivity contribution is -0.129. The number of imide groups is 1. The molecule has 0 unspecified atom stereocenters. The van der Waals surface area contributed by atoms with Gasteiger partial charge in [0.05, 0.1) is 35.5 Å². The summed E-state index contributed by atoms with van der Waals surface area (Å²) in [7, 11) is -4.10. The van der Waals surface area contributed by atoms with E-state index in [4.69, 9.17) is 5.21 Å². The van der Waals surface area contributed by atoms with Crippen LogP contribution in [-0.4, -0.2) is 106 Å². The molecule has 1 saturated heterocycles. The molecule has 2 fully saturated rings. The molecular formula is C37H47N7O8S2. The fraction of sp³-hybridized carbons (Fsp3) is 0.459. The summed E-state index contributed by atoms with van der Waals surface area (Å²) >= 11 is 1.16. The number of hydrogen-bond acceptors (Lipinski definition) is 11. The number of anilines is 1. The zero-order valence-electron chi connectivity index (χ0n) is 30.5. The van der Waals surface area contributed by atoms with Crippen LogP contribution >= 0.6 is 11.3 Å². The second-order valence-corrected chi connectivity index (χ2v) is 16.6. The molecule has 1 aliphatic carbocycles. The van der Waals surface area contributed by atoms with E-state index in [1.807, 2.05) is 37.3 Å². The SMILES string of the molecule is CC[C@H](C)[C@@H](C(=O)N[C@@H](Cc1ccccc1)[C@@H](O)CN(CC1CCC1)S(=O)(=O)c1ccc(C=NO)cc1)N1CC(=O)N(Cc2csc(NC(C)=O)n2)C1=O. The number of oxime groups is 1. The Balaban J connectivity index is 1.38. The minimum Gasteiger partial charge on any atom is -0.411 e. The Morgan fingerprint density at radius 1 is 1.13 bits per heavy atom. The Morgan fingerprint density at radius 3 is 2.44 bits per heavy atom. The third-order valence-corrected chi connectivity index (χ3v) is 12.6. The number of aliphatic hydroxyl groups excluding tert-OH is 1. The monoisotopic (exact) mass is 781 g/mol. The molecule has 15 nitrogen and oxygen atoms in total. The maximum Gasteiger partial charge on any atom is 0.328 e. The van der Waals surface area contributed by atoms with E-state index in [1.54, 1.807) is 12.3 Å². The van der Waals surface area contributed by atoms with Crippen LogP contribution in [0, 0.1) is 11.8 Å². The summed E-state index contributed by atoms with van der Waals surface area (Å²) in [5, 5.41) is 31.2. The molecule has 17 heteroatoms. The van der Waals surface area contributed by atoms with Crippen LogP contribution in [0.1, 0.15) is 63.3 Å². The minimum atomic E-state index is -4.10. The van der Waals surface area contributed by atoms with Crippen LogP contribution in [0.4, 0.5) is 9.93 Å². The molecule has 2 aliphatic rings. The van der Waals surface area contributed by atoms with Gasteiger partial charge in [-0.25, -0.2) is 18.2 Å². The molecular weight excluding hydrogens is 735 g/mol. The molecule has 0 bridgehead atoms. The number of nitrogens with one attached hydrogen (secondary N) is 2. The Bertz CT molecular complexity index is 1920. The summed E-state index contributed by atoms with van der Waals surface area (Å²) < 4.78 is 29.4. The van der Waals surface area contributed by atoms with Crippen molar-refractivity contribution >= 4 is 56.5 Å². The standard InChI is InChI=1S/C37H47N7O8S2/c1-4-24(2)34(44-22-33(47)43(37(44)49)20-29-23-53-36(40-29)39-25(3)45)35(48)41-31(17-26-9-6-5-7-10-26)32(46)21-42(19-28-11-8-12-28)54(51,52)30-15-13-27(14-16-30)18-38-50/h5-7,9-10,13-16,18,23-24,28,31-32,34,46,50H,4,8,11-12,17,19-22H2,1-3H3,(H,41,48)(H,39,40,45)/t24-,31-,32-,34-/m0/s1. The highest BCUT2D eigenvalue weighted by atomic mass is 32.2. The van der Waals surface area contributed by atoms with Gasteiger partial charge in [0.1, 0.15) is 12.6 Å². The molecule has 2 aromatic carbocycles. The summed E-state index contributed by atoms with van der Waals surface area (Å²) in [6.45, 7) is 4.41. The predicted molar refractivity (Wildman–Crippen MR) is 202 cm³/mol. The second kappa shape index (κ2) is 18.1. The van der Waals surface area contributed by atoms with Gasteiger partial charge in [-0.2, -0.15) is 4.31 Å². The Labute approximate surface area is 319 Å². The van der Waals surface area contributed by atoms with Gasteiger partial charge in [0, 0.05) is 25.4 Å². The third kappa shape index (κ3) is 9.88. The van der Waals surface area contributed by atoms with Gasteiger partial charge in [0.2, 0.25) is 21.8 Å². The number of hydrogen-bond donors (Lipinski definition) is 4. The zero-order chi connectivity index (χ0) is 39.0. The quantitative estimate of drug-likeness (QED) is 0.0643. The van der Waals surface area contributed by atoms with Crippen molar-refractivity contribution in [2.45, 2.75) is 82.5 Å².